The van der Waals surface area contributed by atoms with Gasteiger partial charge in [0.15, 0.2) is 0 Å². The van der Waals surface area contributed by atoms with Crippen molar-refractivity contribution in [2.75, 3.05) is 18.5 Å². The summed E-state index contributed by atoms with van der Waals surface area (Å²) >= 11 is 9.30. The van der Waals surface area contributed by atoms with Crippen LogP contribution in [0.1, 0.15) is 12.8 Å². The number of hydrogen-bond acceptors (Lipinski definition) is 2. The molecule has 16 heavy (non-hydrogen) atoms. The Morgan fingerprint density at radius 3 is 2.69 bits per heavy atom. The van der Waals surface area contributed by atoms with Crippen LogP contribution in [-0.2, 0) is 4.74 Å². The number of ether oxygens (including phenoxy) is 1. The van der Waals surface area contributed by atoms with E-state index in [2.05, 4.69) is 21.2 Å². The van der Waals surface area contributed by atoms with Crippen LogP contribution in [0.15, 0.2) is 16.6 Å². The van der Waals surface area contributed by atoms with E-state index in [4.69, 9.17) is 16.3 Å². The van der Waals surface area contributed by atoms with Crippen molar-refractivity contribution in [1.82, 2.24) is 0 Å². The lowest BCUT2D eigenvalue weighted by molar-refractivity contribution is 0.0904. The lowest BCUT2D eigenvalue weighted by Gasteiger charge is -2.25. The van der Waals surface area contributed by atoms with Crippen LogP contribution >= 0.6 is 27.5 Å². The number of nitrogens with one attached hydrogen (secondary N) is 1. The van der Waals surface area contributed by atoms with Gasteiger partial charge in [-0.15, -0.1) is 0 Å². The number of benzene rings is 1. The van der Waals surface area contributed by atoms with Crippen LogP contribution < -0.4 is 5.32 Å². The lowest BCUT2D eigenvalue weighted by atomic mass is 10.1. The Hall–Kier alpha value is -0.320. The monoisotopic (exact) mass is 307 g/mol. The Bertz CT molecular complexity index is 359. The molecule has 1 aliphatic heterocycles. The molecule has 0 spiro atoms. The maximum absolute atomic E-state index is 13.0. The molecule has 0 aromatic heterocycles. The molecule has 5 heteroatoms. The Kier molecular flexibility index (Phi) is 4.05. The van der Waals surface area contributed by atoms with E-state index < -0.39 is 0 Å². The van der Waals surface area contributed by atoms with Crippen molar-refractivity contribution < 1.29 is 9.13 Å². The summed E-state index contributed by atoms with van der Waals surface area (Å²) in [6, 6.07) is 3.06. The molecular formula is C11H12BrClFNO. The third-order valence-electron chi connectivity index (χ3n) is 2.58. The number of hydrogen-bond donors (Lipinski definition) is 1. The molecule has 0 bridgehead atoms. The first-order chi connectivity index (χ1) is 7.66. The fraction of sp³-hybridized carbons (Fsp3) is 0.455. The van der Waals surface area contributed by atoms with Gasteiger partial charge in [-0.25, -0.2) is 4.39 Å². The van der Waals surface area contributed by atoms with Gasteiger partial charge >= 0.3 is 0 Å². The van der Waals surface area contributed by atoms with Crippen LogP contribution in [0.25, 0.3) is 0 Å². The number of halogens is 3. The van der Waals surface area contributed by atoms with E-state index in [9.17, 15) is 4.39 Å². The van der Waals surface area contributed by atoms with Crippen LogP contribution in [-0.4, -0.2) is 19.3 Å². The summed E-state index contributed by atoms with van der Waals surface area (Å²) in [5.74, 6) is -0.339. The molecule has 2 rings (SSSR count). The average molecular weight is 309 g/mol. The summed E-state index contributed by atoms with van der Waals surface area (Å²) in [6.45, 7) is 1.52. The van der Waals surface area contributed by atoms with E-state index in [1.165, 1.54) is 12.1 Å². The molecule has 1 aromatic carbocycles. The van der Waals surface area contributed by atoms with Gasteiger partial charge in [0.05, 0.1) is 10.7 Å². The highest BCUT2D eigenvalue weighted by atomic mass is 79.9. The molecule has 0 aliphatic carbocycles. The molecule has 0 saturated carbocycles. The van der Waals surface area contributed by atoms with Gasteiger partial charge in [-0.3, -0.25) is 0 Å². The van der Waals surface area contributed by atoms with Gasteiger partial charge < -0.3 is 10.1 Å². The largest absolute Gasteiger partial charge is 0.381 e. The van der Waals surface area contributed by atoms with Gasteiger partial charge in [0.2, 0.25) is 0 Å². The smallest absolute Gasteiger partial charge is 0.125 e. The third-order valence-corrected chi connectivity index (χ3v) is 3.50. The summed E-state index contributed by atoms with van der Waals surface area (Å²) in [5, 5.41) is 3.72. The predicted octanol–water partition coefficient (Wildman–Crippen LogP) is 3.83. The number of rotatable bonds is 2. The maximum atomic E-state index is 13.0. The van der Waals surface area contributed by atoms with E-state index in [1.54, 1.807) is 0 Å². The Morgan fingerprint density at radius 2 is 2.06 bits per heavy atom. The fourth-order valence-corrected chi connectivity index (χ4v) is 2.65. The Labute approximate surface area is 107 Å². The molecular weight excluding hydrogens is 296 g/mol. The highest BCUT2D eigenvalue weighted by Crippen LogP contribution is 2.33. The molecule has 0 atom stereocenters. The summed E-state index contributed by atoms with van der Waals surface area (Å²) in [5.41, 5.74) is 0.759. The van der Waals surface area contributed by atoms with Gasteiger partial charge in [0.25, 0.3) is 0 Å². The summed E-state index contributed by atoms with van der Waals surface area (Å²) < 4.78 is 19.0. The van der Waals surface area contributed by atoms with Gasteiger partial charge in [-0.2, -0.15) is 0 Å². The molecule has 0 amide bonds. The third kappa shape index (κ3) is 2.87. The lowest BCUT2D eigenvalue weighted by Crippen LogP contribution is -2.28. The van der Waals surface area contributed by atoms with E-state index in [-0.39, 0.29) is 5.82 Å². The second kappa shape index (κ2) is 5.34. The highest BCUT2D eigenvalue weighted by Gasteiger charge is 2.16. The summed E-state index contributed by atoms with van der Waals surface area (Å²) in [6.07, 6.45) is 1.89. The van der Waals surface area contributed by atoms with E-state index in [0.29, 0.717) is 15.5 Å². The minimum absolute atomic E-state index is 0.339. The van der Waals surface area contributed by atoms with Crippen molar-refractivity contribution in [3.8, 4) is 0 Å². The standard InChI is InChI=1S/C11H12BrClFNO/c12-9-5-7(14)6-10(13)11(9)15-8-1-3-16-4-2-8/h5-6,8,15H,1-4H2. The molecule has 1 aliphatic rings. The zero-order valence-corrected chi connectivity index (χ0v) is 10.9. The van der Waals surface area contributed by atoms with Crippen LogP contribution in [0.2, 0.25) is 5.02 Å². The predicted molar refractivity (Wildman–Crippen MR) is 66.6 cm³/mol. The average Bonchev–Trinajstić information content (AvgIpc) is 2.25. The number of anilines is 1. The highest BCUT2D eigenvalue weighted by molar-refractivity contribution is 9.10. The zero-order chi connectivity index (χ0) is 11.5. The SMILES string of the molecule is Fc1cc(Cl)c(NC2CCOCC2)c(Br)c1. The molecule has 1 aromatic rings. The van der Waals surface area contributed by atoms with Crippen molar-refractivity contribution in [3.05, 3.63) is 27.4 Å². The van der Waals surface area contributed by atoms with Crippen LogP contribution in [0.5, 0.6) is 0 Å². The summed E-state index contributed by atoms with van der Waals surface area (Å²) in [4.78, 5) is 0. The Morgan fingerprint density at radius 1 is 1.38 bits per heavy atom. The molecule has 1 fully saturated rings. The van der Waals surface area contributed by atoms with Crippen molar-refractivity contribution in [3.63, 3.8) is 0 Å². The van der Waals surface area contributed by atoms with E-state index in [0.717, 1.165) is 31.7 Å². The first-order valence-corrected chi connectivity index (χ1v) is 6.33. The summed E-state index contributed by atoms with van der Waals surface area (Å²) in [7, 11) is 0. The van der Waals surface area contributed by atoms with Gasteiger partial charge in [-0.05, 0) is 40.9 Å². The van der Waals surface area contributed by atoms with Crippen molar-refractivity contribution in [2.24, 2.45) is 0 Å². The van der Waals surface area contributed by atoms with Gasteiger partial charge in [0, 0.05) is 23.7 Å². The van der Waals surface area contributed by atoms with E-state index in [1.807, 2.05) is 0 Å². The minimum atomic E-state index is -0.339. The van der Waals surface area contributed by atoms with Gasteiger partial charge in [-0.1, -0.05) is 11.6 Å². The molecule has 1 heterocycles. The van der Waals surface area contributed by atoms with Crippen LogP contribution in [0.3, 0.4) is 0 Å². The molecule has 0 unspecified atom stereocenters. The van der Waals surface area contributed by atoms with Gasteiger partial charge in [0.1, 0.15) is 5.82 Å². The van der Waals surface area contributed by atoms with Crippen molar-refractivity contribution >= 4 is 33.2 Å². The molecule has 0 radical (unpaired) electrons. The zero-order valence-electron chi connectivity index (χ0n) is 8.60. The maximum Gasteiger partial charge on any atom is 0.125 e. The van der Waals surface area contributed by atoms with Crippen LogP contribution in [0, 0.1) is 5.82 Å². The normalized spacial score (nSPS) is 17.4. The second-order valence-electron chi connectivity index (χ2n) is 3.78. The minimum Gasteiger partial charge on any atom is -0.381 e. The fourth-order valence-electron chi connectivity index (χ4n) is 1.73. The quantitative estimate of drug-likeness (QED) is 0.896. The van der Waals surface area contributed by atoms with Crippen molar-refractivity contribution in [1.29, 1.82) is 0 Å². The Balaban J connectivity index is 2.14. The van der Waals surface area contributed by atoms with Crippen LogP contribution in [0.4, 0.5) is 10.1 Å². The molecule has 2 nitrogen and oxygen atoms in total. The van der Waals surface area contributed by atoms with Crippen molar-refractivity contribution in [2.45, 2.75) is 18.9 Å². The van der Waals surface area contributed by atoms with E-state index >= 15 is 0 Å². The second-order valence-corrected chi connectivity index (χ2v) is 5.04. The topological polar surface area (TPSA) is 21.3 Å². The molecule has 1 N–H and O–H groups in total. The first kappa shape index (κ1) is 12.1. The molecule has 1 saturated heterocycles. The first-order valence-electron chi connectivity index (χ1n) is 5.15. The molecule has 88 valence electrons.